The molecule has 1 saturated carbocycles. The molecule has 1 saturated heterocycles. The molecule has 2 aromatic rings. The molecule has 0 radical (unpaired) electrons. The zero-order valence-electron chi connectivity index (χ0n) is 19.5. The lowest BCUT2D eigenvalue weighted by Crippen LogP contribution is -2.40. The zero-order chi connectivity index (χ0) is 24.4. The molecule has 4 rings (SSSR count). The number of hydrogen-bond donors (Lipinski definition) is 1. The Balaban J connectivity index is 1.40. The van der Waals surface area contributed by atoms with E-state index in [9.17, 15) is 18.7 Å². The number of likely N-dealkylation sites (tertiary alicyclic amines) is 1. The van der Waals surface area contributed by atoms with Gasteiger partial charge in [-0.1, -0.05) is 11.6 Å². The van der Waals surface area contributed by atoms with Crippen LogP contribution < -0.4 is 4.74 Å². The number of rotatable bonds is 9. The fourth-order valence-corrected chi connectivity index (χ4v) is 5.04. The fourth-order valence-electron chi connectivity index (χ4n) is 4.76. The van der Waals surface area contributed by atoms with Crippen LogP contribution in [0, 0.1) is 24.5 Å². The maximum Gasteiger partial charge on any atom is 0.338 e. The van der Waals surface area contributed by atoms with Crippen molar-refractivity contribution in [3.05, 3.63) is 63.2 Å². The van der Waals surface area contributed by atoms with Crippen LogP contribution >= 0.6 is 11.6 Å². The summed E-state index contributed by atoms with van der Waals surface area (Å²) in [6, 6.07) is 5.70. The van der Waals surface area contributed by atoms with Gasteiger partial charge < -0.3 is 14.6 Å². The van der Waals surface area contributed by atoms with Crippen LogP contribution in [0.25, 0.3) is 0 Å². The van der Waals surface area contributed by atoms with Gasteiger partial charge in [-0.25, -0.2) is 13.6 Å². The van der Waals surface area contributed by atoms with Crippen LogP contribution in [-0.4, -0.2) is 49.4 Å². The van der Waals surface area contributed by atoms with Crippen molar-refractivity contribution in [2.24, 2.45) is 5.92 Å². The molecule has 184 valence electrons. The minimum absolute atomic E-state index is 0.233. The summed E-state index contributed by atoms with van der Waals surface area (Å²) >= 11 is 6.20. The number of aryl methyl sites for hydroxylation is 1. The minimum Gasteiger partial charge on any atom is -0.493 e. The second-order valence-electron chi connectivity index (χ2n) is 9.34. The van der Waals surface area contributed by atoms with Gasteiger partial charge in [0.05, 0.1) is 24.8 Å². The van der Waals surface area contributed by atoms with E-state index in [-0.39, 0.29) is 29.3 Å². The van der Waals surface area contributed by atoms with E-state index >= 15 is 0 Å². The van der Waals surface area contributed by atoms with Gasteiger partial charge >= 0.3 is 5.97 Å². The van der Waals surface area contributed by atoms with Crippen molar-refractivity contribution in [1.82, 2.24) is 4.90 Å². The second-order valence-corrected chi connectivity index (χ2v) is 9.77. The number of methoxy groups -OCH3 is 1. The molecule has 1 heterocycles. The molecule has 0 bridgehead atoms. The second kappa shape index (κ2) is 10.6. The predicted molar refractivity (Wildman–Crippen MR) is 126 cm³/mol. The predicted octanol–water partition coefficient (Wildman–Crippen LogP) is 5.98. The first-order chi connectivity index (χ1) is 16.3. The summed E-state index contributed by atoms with van der Waals surface area (Å²) in [6.45, 7) is 3.99. The Kier molecular flexibility index (Phi) is 7.75. The van der Waals surface area contributed by atoms with E-state index < -0.39 is 11.8 Å². The van der Waals surface area contributed by atoms with Crippen molar-refractivity contribution >= 4 is 17.6 Å². The zero-order valence-corrected chi connectivity index (χ0v) is 20.2. The van der Waals surface area contributed by atoms with Crippen LogP contribution in [0.15, 0.2) is 24.3 Å². The molecule has 8 heteroatoms. The Labute approximate surface area is 203 Å². The number of carboxylic acid groups (broad SMARTS) is 1. The number of carbonyl (C=O) groups is 1. The van der Waals surface area contributed by atoms with Crippen molar-refractivity contribution in [1.29, 1.82) is 0 Å². The maximum absolute atomic E-state index is 14.9. The Bertz CT molecular complexity index is 1050. The molecular formula is C26H30ClF2NO4. The van der Waals surface area contributed by atoms with Gasteiger partial charge in [0.25, 0.3) is 0 Å². The first kappa shape index (κ1) is 24.9. The van der Waals surface area contributed by atoms with E-state index in [0.29, 0.717) is 35.1 Å². The van der Waals surface area contributed by atoms with Gasteiger partial charge in [0, 0.05) is 23.8 Å². The molecule has 0 aromatic heterocycles. The van der Waals surface area contributed by atoms with Crippen molar-refractivity contribution < 1.29 is 28.2 Å². The summed E-state index contributed by atoms with van der Waals surface area (Å²) in [7, 11) is 1.61. The number of benzene rings is 2. The van der Waals surface area contributed by atoms with Gasteiger partial charge in [0.15, 0.2) is 0 Å². The van der Waals surface area contributed by atoms with Gasteiger partial charge in [0.1, 0.15) is 17.4 Å². The number of halogens is 3. The summed E-state index contributed by atoms with van der Waals surface area (Å²) in [5.41, 5.74) is 1.53. The van der Waals surface area contributed by atoms with E-state index in [0.717, 1.165) is 44.3 Å². The molecule has 2 aromatic carbocycles. The van der Waals surface area contributed by atoms with Crippen LogP contribution in [0.1, 0.15) is 64.7 Å². The molecule has 5 nitrogen and oxygen atoms in total. The minimum atomic E-state index is -1.27. The molecule has 1 aliphatic carbocycles. The molecule has 34 heavy (non-hydrogen) atoms. The maximum atomic E-state index is 14.9. The molecule has 0 spiro atoms. The first-order valence-electron chi connectivity index (χ1n) is 11.7. The summed E-state index contributed by atoms with van der Waals surface area (Å²) in [6.07, 6.45) is 3.60. The van der Waals surface area contributed by atoms with Gasteiger partial charge in [-0.05, 0) is 86.9 Å². The van der Waals surface area contributed by atoms with Gasteiger partial charge in [0.2, 0.25) is 0 Å². The number of ether oxygens (including phenoxy) is 2. The lowest BCUT2D eigenvalue weighted by molar-refractivity contribution is 0.0540. The highest BCUT2D eigenvalue weighted by Gasteiger charge is 2.31. The highest BCUT2D eigenvalue weighted by atomic mass is 35.5. The van der Waals surface area contributed by atoms with Crippen LogP contribution in [0.2, 0.25) is 5.02 Å². The van der Waals surface area contributed by atoms with Crippen LogP contribution in [0.3, 0.4) is 0 Å². The standard InChI is InChI=1S/C26H30ClF2NO4/c1-15-9-18(27)10-21(25(15)29)23(14-33-2)30-7-5-16(6-8-30)13-34-24-12-22(28)20(26(31)32)11-19(24)17-3-4-17/h9-12,16-17,23H,3-8,13-14H2,1-2H3,(H,31,32). The highest BCUT2D eigenvalue weighted by molar-refractivity contribution is 6.30. The Morgan fingerprint density at radius 2 is 1.88 bits per heavy atom. The molecule has 1 unspecified atom stereocenters. The number of nitrogens with zero attached hydrogens (tertiary/aromatic N) is 1. The summed E-state index contributed by atoms with van der Waals surface area (Å²) < 4.78 is 40.6. The topological polar surface area (TPSA) is 59.0 Å². The van der Waals surface area contributed by atoms with E-state index in [4.69, 9.17) is 21.1 Å². The normalized spacial score (nSPS) is 18.1. The van der Waals surface area contributed by atoms with Crippen LogP contribution in [-0.2, 0) is 4.74 Å². The van der Waals surface area contributed by atoms with E-state index in [1.165, 1.54) is 12.1 Å². The first-order valence-corrected chi connectivity index (χ1v) is 12.0. The lowest BCUT2D eigenvalue weighted by Gasteiger charge is -2.37. The average Bonchev–Trinajstić information content (AvgIpc) is 3.64. The number of aromatic carboxylic acids is 1. The molecule has 1 atom stereocenters. The Morgan fingerprint density at radius 3 is 2.50 bits per heavy atom. The largest absolute Gasteiger partial charge is 0.493 e. The Morgan fingerprint density at radius 1 is 1.18 bits per heavy atom. The van der Waals surface area contributed by atoms with Gasteiger partial charge in [-0.2, -0.15) is 0 Å². The number of hydrogen-bond acceptors (Lipinski definition) is 4. The number of piperidine rings is 1. The smallest absolute Gasteiger partial charge is 0.338 e. The van der Waals surface area contributed by atoms with Crippen LogP contribution in [0.4, 0.5) is 8.78 Å². The van der Waals surface area contributed by atoms with Crippen molar-refractivity contribution in [2.45, 2.75) is 44.6 Å². The van der Waals surface area contributed by atoms with E-state index in [1.54, 1.807) is 26.2 Å². The third-order valence-corrected chi connectivity index (χ3v) is 7.06. The molecule has 1 aliphatic heterocycles. The van der Waals surface area contributed by atoms with Crippen molar-refractivity contribution in [3.8, 4) is 5.75 Å². The van der Waals surface area contributed by atoms with Gasteiger partial charge in [-0.3, -0.25) is 4.90 Å². The molecule has 2 aliphatic rings. The number of carboxylic acids is 1. The van der Waals surface area contributed by atoms with E-state index in [2.05, 4.69) is 4.90 Å². The monoisotopic (exact) mass is 493 g/mol. The van der Waals surface area contributed by atoms with Crippen molar-refractivity contribution in [3.63, 3.8) is 0 Å². The quantitative estimate of drug-likeness (QED) is 0.465. The van der Waals surface area contributed by atoms with E-state index in [1.807, 2.05) is 0 Å². The molecule has 2 fully saturated rings. The molecular weight excluding hydrogens is 464 g/mol. The molecule has 0 amide bonds. The lowest BCUT2D eigenvalue weighted by atomic mass is 9.94. The molecule has 1 N–H and O–H groups in total. The summed E-state index contributed by atoms with van der Waals surface area (Å²) in [4.78, 5) is 13.5. The fraction of sp³-hybridized carbons (Fsp3) is 0.500. The Hall–Kier alpha value is -2.22. The van der Waals surface area contributed by atoms with Gasteiger partial charge in [-0.15, -0.1) is 0 Å². The SMILES string of the molecule is COCC(c1cc(Cl)cc(C)c1F)N1CCC(COc2cc(F)c(C(=O)O)cc2C2CC2)CC1. The third kappa shape index (κ3) is 5.53. The average molecular weight is 494 g/mol. The summed E-state index contributed by atoms with van der Waals surface area (Å²) in [5, 5.41) is 9.73. The summed E-state index contributed by atoms with van der Waals surface area (Å²) in [5.74, 6) is -1.35. The third-order valence-electron chi connectivity index (χ3n) is 6.84. The highest BCUT2D eigenvalue weighted by Crippen LogP contribution is 2.45. The van der Waals surface area contributed by atoms with Crippen LogP contribution in [0.5, 0.6) is 5.75 Å². The van der Waals surface area contributed by atoms with Crippen molar-refractivity contribution in [2.75, 3.05) is 33.4 Å².